The van der Waals surface area contributed by atoms with Crippen LogP contribution in [0.15, 0.2) is 30.0 Å². The number of hydrogen-bond donors (Lipinski definition) is 1. The van der Waals surface area contributed by atoms with Crippen LogP contribution in [-0.2, 0) is 30.5 Å². The highest BCUT2D eigenvalue weighted by Crippen LogP contribution is 2.29. The van der Waals surface area contributed by atoms with E-state index < -0.39 is 35.7 Å². The highest BCUT2D eigenvalue weighted by Gasteiger charge is 2.52. The van der Waals surface area contributed by atoms with Gasteiger partial charge in [-0.25, -0.2) is 4.98 Å². The van der Waals surface area contributed by atoms with E-state index in [0.717, 1.165) is 11.0 Å². The quantitative estimate of drug-likeness (QED) is 0.393. The first-order chi connectivity index (χ1) is 16.2. The van der Waals surface area contributed by atoms with E-state index in [4.69, 9.17) is 16.3 Å². The third-order valence-electron chi connectivity index (χ3n) is 6.41. The summed E-state index contributed by atoms with van der Waals surface area (Å²) in [7, 11) is 0. The molecule has 34 heavy (non-hydrogen) atoms. The second-order valence-corrected chi connectivity index (χ2v) is 9.46. The van der Waals surface area contributed by atoms with Crippen molar-refractivity contribution in [1.82, 2.24) is 24.7 Å². The van der Waals surface area contributed by atoms with E-state index in [9.17, 15) is 19.2 Å². The Kier molecular flexibility index (Phi) is 5.44. The lowest BCUT2D eigenvalue weighted by atomic mass is 9.93. The molecule has 0 radical (unpaired) electrons. The van der Waals surface area contributed by atoms with Crippen LogP contribution >= 0.6 is 11.6 Å². The molecule has 1 N–H and O–H groups in total. The molecule has 11 heteroatoms. The number of piperazine rings is 1. The number of halogens is 1. The van der Waals surface area contributed by atoms with E-state index in [-0.39, 0.29) is 30.7 Å². The van der Waals surface area contributed by atoms with Gasteiger partial charge in [-0.15, -0.1) is 0 Å². The maximum absolute atomic E-state index is 12.9. The van der Waals surface area contributed by atoms with Crippen LogP contribution in [0.3, 0.4) is 0 Å². The Hall–Kier alpha value is -3.24. The zero-order valence-electron chi connectivity index (χ0n) is 18.9. The molecular formula is C23H24ClN5O5. The van der Waals surface area contributed by atoms with Gasteiger partial charge in [-0.05, 0) is 39.0 Å². The minimum absolute atomic E-state index is 0.0432. The molecule has 5 rings (SSSR count). The molecule has 0 spiro atoms. The van der Waals surface area contributed by atoms with Crippen molar-refractivity contribution >= 4 is 46.0 Å². The standard InChI is InChI=1S/C23H24ClN5O5/c1-11(2)28-16-6-13(24)4-5-15(16)26-17(28)7-25-22(32)14-8-27-9-18-29(12(3)10-34-18)23(33)19(27)21(31)20(14)30/h4-6,8,11-12,18-19H,7,9-10H2,1-3H3,(H,25,32)/t12-,18+,19?/m0/s1. The van der Waals surface area contributed by atoms with Gasteiger partial charge in [0, 0.05) is 17.3 Å². The third-order valence-corrected chi connectivity index (χ3v) is 6.64. The van der Waals surface area contributed by atoms with E-state index >= 15 is 0 Å². The van der Waals surface area contributed by atoms with Crippen molar-refractivity contribution in [1.29, 1.82) is 0 Å². The summed E-state index contributed by atoms with van der Waals surface area (Å²) in [6, 6.07) is 3.98. The fourth-order valence-corrected chi connectivity index (χ4v) is 5.03. The van der Waals surface area contributed by atoms with Crippen LogP contribution < -0.4 is 5.32 Å². The number of fused-ring (bicyclic) bond motifs is 3. The summed E-state index contributed by atoms with van der Waals surface area (Å²) >= 11 is 6.14. The topological polar surface area (TPSA) is 114 Å². The first kappa shape index (κ1) is 22.5. The summed E-state index contributed by atoms with van der Waals surface area (Å²) in [6.45, 7) is 6.42. The van der Waals surface area contributed by atoms with Gasteiger partial charge >= 0.3 is 0 Å². The number of benzene rings is 1. The number of Topliss-reactive ketones (excluding diaryl/α,β-unsaturated/α-hetero) is 2. The zero-order chi connectivity index (χ0) is 24.3. The van der Waals surface area contributed by atoms with Crippen LogP contribution in [0.1, 0.15) is 32.6 Å². The fourth-order valence-electron chi connectivity index (χ4n) is 4.87. The Balaban J connectivity index is 1.39. The summed E-state index contributed by atoms with van der Waals surface area (Å²) in [5, 5.41) is 3.28. The first-order valence-corrected chi connectivity index (χ1v) is 11.5. The second-order valence-electron chi connectivity index (χ2n) is 9.03. The number of carbonyl (C=O) groups excluding carboxylic acids is 4. The number of ether oxygens (including phenoxy) is 1. The molecule has 0 bridgehead atoms. The summed E-state index contributed by atoms with van der Waals surface area (Å²) in [5.74, 6) is -2.46. The molecule has 1 aromatic heterocycles. The van der Waals surface area contributed by atoms with Gasteiger partial charge in [-0.2, -0.15) is 0 Å². The number of amides is 2. The van der Waals surface area contributed by atoms with Crippen molar-refractivity contribution < 1.29 is 23.9 Å². The largest absolute Gasteiger partial charge is 0.354 e. The molecule has 0 aliphatic carbocycles. The van der Waals surface area contributed by atoms with Crippen molar-refractivity contribution in [2.45, 2.75) is 51.7 Å². The van der Waals surface area contributed by atoms with Crippen molar-refractivity contribution in [3.63, 3.8) is 0 Å². The molecule has 178 valence electrons. The molecule has 2 amide bonds. The third kappa shape index (κ3) is 3.48. The van der Waals surface area contributed by atoms with Gasteiger partial charge in [0.2, 0.25) is 11.6 Å². The lowest BCUT2D eigenvalue weighted by Gasteiger charge is -2.43. The highest BCUT2D eigenvalue weighted by molar-refractivity contribution is 6.54. The van der Waals surface area contributed by atoms with Gasteiger partial charge in [0.25, 0.3) is 11.8 Å². The van der Waals surface area contributed by atoms with Crippen LogP contribution in [0.2, 0.25) is 5.02 Å². The highest BCUT2D eigenvalue weighted by atomic mass is 35.5. The minimum Gasteiger partial charge on any atom is -0.354 e. The average molecular weight is 486 g/mol. The Labute approximate surface area is 200 Å². The normalized spacial score (nSPS) is 24.6. The number of carbonyl (C=O) groups is 4. The van der Waals surface area contributed by atoms with Crippen LogP contribution in [0, 0.1) is 0 Å². The van der Waals surface area contributed by atoms with Crippen molar-refractivity contribution in [2.75, 3.05) is 13.2 Å². The van der Waals surface area contributed by atoms with Gasteiger partial charge < -0.3 is 24.4 Å². The van der Waals surface area contributed by atoms with Gasteiger partial charge in [0.1, 0.15) is 17.6 Å². The minimum atomic E-state index is -1.25. The molecule has 2 fully saturated rings. The second kappa shape index (κ2) is 8.21. The van der Waals surface area contributed by atoms with Crippen LogP contribution in [0.4, 0.5) is 0 Å². The molecular weight excluding hydrogens is 462 g/mol. The number of hydrogen-bond acceptors (Lipinski definition) is 7. The summed E-state index contributed by atoms with van der Waals surface area (Å²) < 4.78 is 7.60. The Morgan fingerprint density at radius 1 is 1.29 bits per heavy atom. The Bertz CT molecular complexity index is 1270. The summed E-state index contributed by atoms with van der Waals surface area (Å²) in [4.78, 5) is 58.9. The fraction of sp³-hybridized carbons (Fsp3) is 0.435. The monoisotopic (exact) mass is 485 g/mol. The zero-order valence-corrected chi connectivity index (χ0v) is 19.7. The lowest BCUT2D eigenvalue weighted by molar-refractivity contribution is -0.159. The van der Waals surface area contributed by atoms with Crippen molar-refractivity contribution in [3.05, 3.63) is 40.8 Å². The van der Waals surface area contributed by atoms with E-state index in [1.165, 1.54) is 16.0 Å². The summed E-state index contributed by atoms with van der Waals surface area (Å²) in [5.41, 5.74) is 1.26. The van der Waals surface area contributed by atoms with E-state index in [1.54, 1.807) is 12.1 Å². The SMILES string of the molecule is CC(C)n1c(CNC(=O)C2=CN3C[C@H]4OC[C@H](C)N4C(=O)C3C(=O)C2=O)nc2ccc(Cl)cc21. The molecule has 2 saturated heterocycles. The van der Waals surface area contributed by atoms with Gasteiger partial charge in [-0.1, -0.05) is 11.6 Å². The number of aromatic nitrogens is 2. The number of nitrogens with zero attached hydrogens (tertiary/aromatic N) is 4. The summed E-state index contributed by atoms with van der Waals surface area (Å²) in [6.07, 6.45) is 0.786. The van der Waals surface area contributed by atoms with Gasteiger partial charge in [0.05, 0.1) is 36.8 Å². The van der Waals surface area contributed by atoms with E-state index in [1.807, 2.05) is 31.4 Å². The number of nitrogens with one attached hydrogen (secondary N) is 1. The Morgan fingerprint density at radius 2 is 2.06 bits per heavy atom. The van der Waals surface area contributed by atoms with E-state index in [2.05, 4.69) is 10.3 Å². The average Bonchev–Trinajstić information content (AvgIpc) is 3.34. The lowest BCUT2D eigenvalue weighted by Crippen LogP contribution is -2.65. The van der Waals surface area contributed by atoms with Crippen molar-refractivity contribution in [2.24, 2.45) is 0 Å². The predicted molar refractivity (Wildman–Crippen MR) is 122 cm³/mol. The maximum Gasteiger partial charge on any atom is 0.257 e. The van der Waals surface area contributed by atoms with Crippen LogP contribution in [-0.4, -0.2) is 74.2 Å². The Morgan fingerprint density at radius 3 is 2.79 bits per heavy atom. The maximum atomic E-state index is 12.9. The van der Waals surface area contributed by atoms with Gasteiger partial charge in [0.15, 0.2) is 6.04 Å². The molecule has 1 unspecified atom stereocenters. The van der Waals surface area contributed by atoms with E-state index in [0.29, 0.717) is 17.5 Å². The molecule has 2 aromatic rings. The van der Waals surface area contributed by atoms with Crippen molar-refractivity contribution in [3.8, 4) is 0 Å². The predicted octanol–water partition coefficient (Wildman–Crippen LogP) is 1.18. The molecule has 3 atom stereocenters. The number of ketones is 2. The molecule has 3 aliphatic heterocycles. The van der Waals surface area contributed by atoms with Crippen LogP contribution in [0.25, 0.3) is 11.0 Å². The van der Waals surface area contributed by atoms with Crippen LogP contribution in [0.5, 0.6) is 0 Å². The molecule has 3 aliphatic rings. The first-order valence-electron chi connectivity index (χ1n) is 11.1. The smallest absolute Gasteiger partial charge is 0.257 e. The molecule has 10 nitrogen and oxygen atoms in total. The molecule has 4 heterocycles. The number of rotatable bonds is 4. The molecule has 1 aromatic carbocycles. The van der Waals surface area contributed by atoms with Gasteiger partial charge in [-0.3, -0.25) is 19.2 Å². The number of imidazole rings is 1. The molecule has 0 saturated carbocycles.